The van der Waals surface area contributed by atoms with Crippen LogP contribution >= 0.6 is 0 Å². The van der Waals surface area contributed by atoms with E-state index in [0.717, 1.165) is 11.6 Å². The van der Waals surface area contributed by atoms with Crippen molar-refractivity contribution in [3.05, 3.63) is 39.7 Å². The number of hydrogen-bond donors (Lipinski definition) is 2. The van der Waals surface area contributed by atoms with Gasteiger partial charge in [0.25, 0.3) is 5.69 Å². The summed E-state index contributed by atoms with van der Waals surface area (Å²) in [7, 11) is 0. The van der Waals surface area contributed by atoms with Crippen LogP contribution in [-0.4, -0.2) is 15.1 Å². The van der Waals surface area contributed by atoms with Crippen molar-refractivity contribution < 1.29 is 9.31 Å². The fourth-order valence-electron chi connectivity index (χ4n) is 1.80. The molecule has 1 aromatic heterocycles. The fraction of sp³-hybridized carbons (Fsp3) is 0.182. The minimum atomic E-state index is -0.672. The first-order chi connectivity index (χ1) is 8.52. The summed E-state index contributed by atoms with van der Waals surface area (Å²) in [6.07, 6.45) is 0.599. The summed E-state index contributed by atoms with van der Waals surface area (Å²) in [5, 5.41) is 17.2. The van der Waals surface area contributed by atoms with Gasteiger partial charge in [0.2, 0.25) is 0 Å². The Labute approximate surface area is 102 Å². The lowest BCUT2D eigenvalue weighted by molar-refractivity contribution is -0.385. The molecule has 1 heterocycles. The lowest BCUT2D eigenvalue weighted by atomic mass is 10.1. The molecule has 0 aliphatic carbocycles. The molecule has 0 radical (unpaired) electrons. The third kappa shape index (κ3) is 2.02. The van der Waals surface area contributed by atoms with Gasteiger partial charge in [0.1, 0.15) is 11.6 Å². The summed E-state index contributed by atoms with van der Waals surface area (Å²) in [6.45, 7) is 1.87. The summed E-state index contributed by atoms with van der Waals surface area (Å²) in [5.41, 5.74) is 6.94. The highest BCUT2D eigenvalue weighted by molar-refractivity contribution is 5.70. The topological polar surface area (TPSA) is 97.8 Å². The molecule has 0 saturated carbocycles. The van der Waals surface area contributed by atoms with Crippen LogP contribution in [-0.2, 0) is 6.42 Å². The molecule has 18 heavy (non-hydrogen) atoms. The molecule has 0 saturated heterocycles. The molecule has 0 unspecified atom stereocenters. The molecule has 0 aliphatic heterocycles. The van der Waals surface area contributed by atoms with E-state index in [9.17, 15) is 14.5 Å². The van der Waals surface area contributed by atoms with E-state index in [1.807, 2.05) is 6.92 Å². The summed E-state index contributed by atoms with van der Waals surface area (Å²) < 4.78 is 13.3. The molecule has 0 spiro atoms. The number of hydrogen-bond acceptors (Lipinski definition) is 4. The standard InChI is InChI=1S/C11H11FN4O2/c1-2-9-10(14-15-11(9)13)6-3-7(12)5-8(4-6)16(17)18/h3-5H,2H2,1H3,(H3,13,14,15). The second-order valence-electron chi connectivity index (χ2n) is 3.77. The van der Waals surface area contributed by atoms with Crippen LogP contribution in [0.15, 0.2) is 18.2 Å². The number of anilines is 1. The van der Waals surface area contributed by atoms with Crippen molar-refractivity contribution >= 4 is 11.5 Å². The number of rotatable bonds is 3. The highest BCUT2D eigenvalue weighted by atomic mass is 19.1. The Morgan fingerprint density at radius 1 is 1.50 bits per heavy atom. The van der Waals surface area contributed by atoms with Crippen LogP contribution in [0.25, 0.3) is 11.3 Å². The third-order valence-corrected chi connectivity index (χ3v) is 2.63. The number of nitrogens with one attached hydrogen (secondary N) is 1. The second kappa shape index (κ2) is 4.44. The smallest absolute Gasteiger partial charge is 0.273 e. The van der Waals surface area contributed by atoms with Crippen molar-refractivity contribution in [3.63, 3.8) is 0 Å². The van der Waals surface area contributed by atoms with Crippen molar-refractivity contribution in [2.24, 2.45) is 0 Å². The van der Waals surface area contributed by atoms with Gasteiger partial charge < -0.3 is 5.73 Å². The number of nitrogens with two attached hydrogens (primary N) is 1. The Morgan fingerprint density at radius 2 is 2.22 bits per heavy atom. The average Bonchev–Trinajstić information content (AvgIpc) is 2.69. The van der Waals surface area contributed by atoms with E-state index in [1.54, 1.807) is 0 Å². The SMILES string of the molecule is CCc1c(N)n[nH]c1-c1cc(F)cc([N+](=O)[O-])c1. The lowest BCUT2D eigenvalue weighted by Crippen LogP contribution is -1.93. The zero-order valence-corrected chi connectivity index (χ0v) is 9.61. The van der Waals surface area contributed by atoms with Gasteiger partial charge in [0.15, 0.2) is 0 Å². The van der Waals surface area contributed by atoms with Crippen molar-refractivity contribution in [1.82, 2.24) is 10.2 Å². The first-order valence-corrected chi connectivity index (χ1v) is 5.31. The largest absolute Gasteiger partial charge is 0.382 e. The van der Waals surface area contributed by atoms with Gasteiger partial charge in [-0.15, -0.1) is 0 Å². The van der Waals surface area contributed by atoms with Crippen LogP contribution in [0.3, 0.4) is 0 Å². The van der Waals surface area contributed by atoms with E-state index in [1.165, 1.54) is 12.1 Å². The van der Waals surface area contributed by atoms with Crippen molar-refractivity contribution in [3.8, 4) is 11.3 Å². The first kappa shape index (κ1) is 12.0. The summed E-state index contributed by atoms with van der Waals surface area (Å²) in [6, 6.07) is 3.36. The van der Waals surface area contributed by atoms with Gasteiger partial charge in [-0.05, 0) is 12.5 Å². The molecule has 3 N–H and O–H groups in total. The number of H-pyrrole nitrogens is 1. The minimum Gasteiger partial charge on any atom is -0.382 e. The molecule has 0 fully saturated rings. The summed E-state index contributed by atoms with van der Waals surface area (Å²) in [5.74, 6) is -0.353. The van der Waals surface area contributed by atoms with E-state index < -0.39 is 10.7 Å². The minimum absolute atomic E-state index is 0.305. The van der Waals surface area contributed by atoms with E-state index in [0.29, 0.717) is 23.5 Å². The number of aromatic amines is 1. The molecule has 0 bridgehead atoms. The zero-order valence-electron chi connectivity index (χ0n) is 9.61. The van der Waals surface area contributed by atoms with Crippen molar-refractivity contribution in [1.29, 1.82) is 0 Å². The Kier molecular flexibility index (Phi) is 2.97. The Hall–Kier alpha value is -2.44. The van der Waals surface area contributed by atoms with E-state index in [2.05, 4.69) is 10.2 Å². The number of nitro benzene ring substituents is 1. The Balaban J connectivity index is 2.60. The molecule has 2 rings (SSSR count). The molecule has 2 aromatic rings. The number of benzene rings is 1. The van der Waals surface area contributed by atoms with Crippen molar-refractivity contribution in [2.45, 2.75) is 13.3 Å². The summed E-state index contributed by atoms with van der Waals surface area (Å²) >= 11 is 0. The normalized spacial score (nSPS) is 10.6. The van der Waals surface area contributed by atoms with Gasteiger partial charge in [-0.1, -0.05) is 6.92 Å². The molecule has 0 aliphatic rings. The molecule has 6 nitrogen and oxygen atoms in total. The number of aromatic nitrogens is 2. The number of nitrogen functional groups attached to an aromatic ring is 1. The number of halogens is 1. The molecule has 1 aromatic carbocycles. The third-order valence-electron chi connectivity index (χ3n) is 2.63. The fourth-order valence-corrected chi connectivity index (χ4v) is 1.80. The maximum atomic E-state index is 13.3. The molecular formula is C11H11FN4O2. The van der Waals surface area contributed by atoms with Gasteiger partial charge >= 0.3 is 0 Å². The van der Waals surface area contributed by atoms with Gasteiger partial charge in [0, 0.05) is 17.2 Å². The Morgan fingerprint density at radius 3 is 2.83 bits per heavy atom. The maximum absolute atomic E-state index is 13.3. The van der Waals surface area contributed by atoms with E-state index in [4.69, 9.17) is 5.73 Å². The maximum Gasteiger partial charge on any atom is 0.273 e. The van der Waals surface area contributed by atoms with Crippen LogP contribution in [0.1, 0.15) is 12.5 Å². The first-order valence-electron chi connectivity index (χ1n) is 5.31. The molecule has 0 amide bonds. The van der Waals surface area contributed by atoms with Crippen LogP contribution in [0.4, 0.5) is 15.9 Å². The van der Waals surface area contributed by atoms with Gasteiger partial charge in [-0.25, -0.2) is 4.39 Å². The summed E-state index contributed by atoms with van der Waals surface area (Å²) in [4.78, 5) is 10.0. The number of nitro groups is 1. The van der Waals surface area contributed by atoms with Crippen LogP contribution < -0.4 is 5.73 Å². The van der Waals surface area contributed by atoms with Gasteiger partial charge in [0.05, 0.1) is 16.7 Å². The number of non-ortho nitro benzene ring substituents is 1. The quantitative estimate of drug-likeness (QED) is 0.644. The molecule has 0 atom stereocenters. The Bertz CT molecular complexity index is 609. The molecule has 94 valence electrons. The lowest BCUT2D eigenvalue weighted by Gasteiger charge is -2.02. The average molecular weight is 250 g/mol. The van der Waals surface area contributed by atoms with E-state index >= 15 is 0 Å². The highest BCUT2D eigenvalue weighted by Gasteiger charge is 2.16. The van der Waals surface area contributed by atoms with Crippen molar-refractivity contribution in [2.75, 3.05) is 5.73 Å². The highest BCUT2D eigenvalue weighted by Crippen LogP contribution is 2.29. The molecular weight excluding hydrogens is 239 g/mol. The number of nitrogens with zero attached hydrogens (tertiary/aromatic N) is 2. The van der Waals surface area contributed by atoms with E-state index in [-0.39, 0.29) is 5.69 Å². The zero-order chi connectivity index (χ0) is 13.3. The van der Waals surface area contributed by atoms with Gasteiger partial charge in [-0.2, -0.15) is 5.10 Å². The monoisotopic (exact) mass is 250 g/mol. The predicted octanol–water partition coefficient (Wildman–Crippen LogP) is 2.27. The van der Waals surface area contributed by atoms with Crippen LogP contribution in [0.2, 0.25) is 0 Å². The second-order valence-corrected chi connectivity index (χ2v) is 3.77. The van der Waals surface area contributed by atoms with Crippen LogP contribution in [0, 0.1) is 15.9 Å². The molecule has 7 heteroatoms. The predicted molar refractivity (Wildman–Crippen MR) is 64.4 cm³/mol. The van der Waals surface area contributed by atoms with Gasteiger partial charge in [-0.3, -0.25) is 15.2 Å². The van der Waals surface area contributed by atoms with Crippen LogP contribution in [0.5, 0.6) is 0 Å².